The fraction of sp³-hybridized carbons (Fsp3) is 0.261. The molecular formula is C23H22IO2S2+. The highest BCUT2D eigenvalue weighted by Gasteiger charge is 2.28. The Balaban J connectivity index is 1.72. The summed E-state index contributed by atoms with van der Waals surface area (Å²) in [6, 6.07) is 16.5. The number of hydrogen-bond donors (Lipinski definition) is 0. The van der Waals surface area contributed by atoms with Crippen molar-refractivity contribution in [3.8, 4) is 5.75 Å². The van der Waals surface area contributed by atoms with Crippen LogP contribution < -0.4 is 4.74 Å². The van der Waals surface area contributed by atoms with Crippen LogP contribution in [0.25, 0.3) is 10.8 Å². The summed E-state index contributed by atoms with van der Waals surface area (Å²) < 4.78 is 7.01. The van der Waals surface area contributed by atoms with Crippen molar-refractivity contribution < 1.29 is 9.53 Å². The van der Waals surface area contributed by atoms with Gasteiger partial charge in [0.05, 0.1) is 5.56 Å². The lowest BCUT2D eigenvalue weighted by molar-refractivity contribution is 0.0735. The minimum Gasteiger partial charge on any atom is -0.422 e. The molecule has 1 aliphatic rings. The summed E-state index contributed by atoms with van der Waals surface area (Å²) in [6.45, 7) is 3.94. The summed E-state index contributed by atoms with van der Waals surface area (Å²) in [5, 5.41) is 2.25. The molecule has 0 N–H and O–H groups in total. The van der Waals surface area contributed by atoms with Crippen LogP contribution in [0.1, 0.15) is 21.5 Å². The van der Waals surface area contributed by atoms with Gasteiger partial charge < -0.3 is 4.74 Å². The molecule has 5 heteroatoms. The van der Waals surface area contributed by atoms with E-state index in [1.807, 2.05) is 49.9 Å². The number of aryl methyl sites for hydroxylation is 1. The zero-order valence-corrected chi connectivity index (χ0v) is 19.7. The standard InChI is InChI=1S/C23H22IO2S2/c1-15-7-8-19(24)16(2)22(15)23(25)26-20-9-10-21(28-13-11-27-12-14-28)18-6-4-3-5-17(18)20/h3-10H,11-14H2,1-2H3/q+1. The molecule has 1 fully saturated rings. The largest absolute Gasteiger partial charge is 0.422 e. The first-order valence-electron chi connectivity index (χ1n) is 9.31. The highest BCUT2D eigenvalue weighted by Crippen LogP contribution is 2.34. The first-order chi connectivity index (χ1) is 13.6. The molecule has 0 spiro atoms. The second-order valence-electron chi connectivity index (χ2n) is 6.87. The van der Waals surface area contributed by atoms with Gasteiger partial charge in [-0.25, -0.2) is 4.79 Å². The molecule has 0 amide bonds. The van der Waals surface area contributed by atoms with Gasteiger partial charge in [0.25, 0.3) is 0 Å². The smallest absolute Gasteiger partial charge is 0.344 e. The zero-order valence-electron chi connectivity index (χ0n) is 16.0. The monoisotopic (exact) mass is 521 g/mol. The van der Waals surface area contributed by atoms with Gasteiger partial charge in [0.15, 0.2) is 4.90 Å². The second-order valence-corrected chi connectivity index (χ2v) is 11.5. The van der Waals surface area contributed by atoms with Gasteiger partial charge in [-0.15, -0.1) is 0 Å². The van der Waals surface area contributed by atoms with E-state index in [1.165, 1.54) is 33.3 Å². The minimum absolute atomic E-state index is 0.275. The summed E-state index contributed by atoms with van der Waals surface area (Å²) >= 11 is 4.31. The van der Waals surface area contributed by atoms with Crippen LogP contribution >= 0.6 is 34.4 Å². The number of carbonyl (C=O) groups is 1. The first-order valence-corrected chi connectivity index (χ1v) is 13.1. The van der Waals surface area contributed by atoms with E-state index in [-0.39, 0.29) is 16.9 Å². The maximum atomic E-state index is 13.0. The number of thioether (sulfide) groups is 1. The molecule has 0 unspecified atom stereocenters. The molecule has 0 aromatic heterocycles. The van der Waals surface area contributed by atoms with E-state index in [0.717, 1.165) is 20.1 Å². The Hall–Kier alpha value is -1.18. The second kappa shape index (κ2) is 8.67. The predicted molar refractivity (Wildman–Crippen MR) is 130 cm³/mol. The molecule has 144 valence electrons. The Morgan fingerprint density at radius 1 is 1.00 bits per heavy atom. The summed E-state index contributed by atoms with van der Waals surface area (Å²) in [4.78, 5) is 14.4. The van der Waals surface area contributed by atoms with Crippen LogP contribution in [0.15, 0.2) is 53.4 Å². The highest BCUT2D eigenvalue weighted by atomic mass is 127. The van der Waals surface area contributed by atoms with E-state index >= 15 is 0 Å². The highest BCUT2D eigenvalue weighted by molar-refractivity contribution is 14.1. The van der Waals surface area contributed by atoms with Gasteiger partial charge in [0.1, 0.15) is 17.3 Å². The molecule has 0 bridgehead atoms. The number of ether oxygens (including phenoxy) is 1. The SMILES string of the molecule is Cc1ccc(I)c(C)c1C(=O)Oc1ccc([S+]2CCSCC2)c2ccccc12. The van der Waals surface area contributed by atoms with Gasteiger partial charge in [-0.2, -0.15) is 11.8 Å². The van der Waals surface area contributed by atoms with E-state index in [0.29, 0.717) is 11.3 Å². The van der Waals surface area contributed by atoms with Crippen LogP contribution in [-0.4, -0.2) is 29.0 Å². The number of hydrogen-bond acceptors (Lipinski definition) is 3. The maximum absolute atomic E-state index is 13.0. The average Bonchev–Trinajstić information content (AvgIpc) is 2.72. The van der Waals surface area contributed by atoms with E-state index in [1.54, 1.807) is 0 Å². The molecule has 4 rings (SSSR count). The number of halogens is 1. The fourth-order valence-corrected chi connectivity index (χ4v) is 8.21. The Morgan fingerprint density at radius 3 is 2.46 bits per heavy atom. The number of rotatable bonds is 3. The third kappa shape index (κ3) is 3.94. The lowest BCUT2D eigenvalue weighted by Crippen LogP contribution is -2.21. The quantitative estimate of drug-likeness (QED) is 0.183. The molecule has 0 radical (unpaired) electrons. The molecular weight excluding hydrogens is 499 g/mol. The Labute approximate surface area is 186 Å². The van der Waals surface area contributed by atoms with Gasteiger partial charge in [-0.3, -0.25) is 0 Å². The number of fused-ring (bicyclic) bond motifs is 1. The van der Waals surface area contributed by atoms with Crippen LogP contribution in [0.3, 0.4) is 0 Å². The topological polar surface area (TPSA) is 26.3 Å². The number of carbonyl (C=O) groups excluding carboxylic acids is 1. The van der Waals surface area contributed by atoms with Crippen molar-refractivity contribution in [1.82, 2.24) is 0 Å². The fourth-order valence-electron chi connectivity index (χ4n) is 3.61. The number of esters is 1. The van der Waals surface area contributed by atoms with Crippen molar-refractivity contribution in [1.29, 1.82) is 0 Å². The lowest BCUT2D eigenvalue weighted by Gasteiger charge is -2.16. The van der Waals surface area contributed by atoms with Crippen LogP contribution in [-0.2, 0) is 10.9 Å². The molecule has 0 atom stereocenters. The van der Waals surface area contributed by atoms with Crippen molar-refractivity contribution >= 4 is 62.0 Å². The molecule has 28 heavy (non-hydrogen) atoms. The van der Waals surface area contributed by atoms with Gasteiger partial charge in [0.2, 0.25) is 0 Å². The summed E-state index contributed by atoms with van der Waals surface area (Å²) in [6.07, 6.45) is 0. The molecule has 1 aliphatic heterocycles. The molecule has 2 nitrogen and oxygen atoms in total. The molecule has 0 aliphatic carbocycles. The van der Waals surface area contributed by atoms with Gasteiger partial charge in [-0.05, 0) is 71.8 Å². The van der Waals surface area contributed by atoms with E-state index in [9.17, 15) is 4.79 Å². The maximum Gasteiger partial charge on any atom is 0.344 e. The Morgan fingerprint density at radius 2 is 1.71 bits per heavy atom. The first kappa shape index (κ1) is 20.1. The molecule has 0 saturated carbocycles. The van der Waals surface area contributed by atoms with E-state index < -0.39 is 0 Å². The lowest BCUT2D eigenvalue weighted by atomic mass is 10.0. The van der Waals surface area contributed by atoms with Crippen molar-refractivity contribution in [3.63, 3.8) is 0 Å². The minimum atomic E-state index is -0.275. The van der Waals surface area contributed by atoms with Crippen LogP contribution in [0.4, 0.5) is 0 Å². The number of benzene rings is 3. The Kier molecular flexibility index (Phi) is 6.23. The third-order valence-corrected chi connectivity index (χ3v) is 10.2. The molecule has 1 saturated heterocycles. The van der Waals surface area contributed by atoms with Gasteiger partial charge in [0, 0.05) is 36.7 Å². The van der Waals surface area contributed by atoms with Crippen molar-refractivity contribution in [3.05, 3.63) is 68.8 Å². The summed E-state index contributed by atoms with van der Waals surface area (Å²) in [5.74, 6) is 5.34. The molecule has 3 aromatic carbocycles. The average molecular weight is 521 g/mol. The molecule has 3 aromatic rings. The third-order valence-electron chi connectivity index (χ3n) is 5.12. The Bertz CT molecular complexity index is 1040. The summed E-state index contributed by atoms with van der Waals surface area (Å²) in [7, 11) is 0.288. The van der Waals surface area contributed by atoms with E-state index in [4.69, 9.17) is 4.74 Å². The van der Waals surface area contributed by atoms with Gasteiger partial charge >= 0.3 is 5.97 Å². The van der Waals surface area contributed by atoms with Crippen molar-refractivity contribution in [2.24, 2.45) is 0 Å². The van der Waals surface area contributed by atoms with Crippen LogP contribution in [0, 0.1) is 17.4 Å². The zero-order chi connectivity index (χ0) is 19.7. The molecule has 1 heterocycles. The normalized spacial score (nSPS) is 15.0. The van der Waals surface area contributed by atoms with Crippen LogP contribution in [0.5, 0.6) is 5.75 Å². The predicted octanol–water partition coefficient (Wildman–Crippen LogP) is 6.00. The van der Waals surface area contributed by atoms with Crippen molar-refractivity contribution in [2.45, 2.75) is 18.7 Å². The summed E-state index contributed by atoms with van der Waals surface area (Å²) in [5.41, 5.74) is 2.60. The van der Waals surface area contributed by atoms with Crippen LogP contribution in [0.2, 0.25) is 0 Å². The van der Waals surface area contributed by atoms with Gasteiger partial charge in [-0.1, -0.05) is 24.3 Å². The van der Waals surface area contributed by atoms with Crippen molar-refractivity contribution in [2.75, 3.05) is 23.0 Å². The van der Waals surface area contributed by atoms with E-state index in [2.05, 4.69) is 46.9 Å².